The lowest BCUT2D eigenvalue weighted by atomic mass is 9.96. The number of hydrogen-bond acceptors (Lipinski definition) is 0. The van der Waals surface area contributed by atoms with Gasteiger partial charge in [-0.3, -0.25) is 0 Å². The summed E-state index contributed by atoms with van der Waals surface area (Å²) in [6, 6.07) is 17.8. The van der Waals surface area contributed by atoms with Gasteiger partial charge in [0.15, 0.2) is 0 Å². The van der Waals surface area contributed by atoms with Crippen LogP contribution in [0.4, 0.5) is 4.39 Å². The van der Waals surface area contributed by atoms with Crippen molar-refractivity contribution in [3.8, 4) is 22.3 Å². The number of hydrogen-bond donors (Lipinski definition) is 0. The maximum Gasteiger partial charge on any atom is 0.131 e. The van der Waals surface area contributed by atoms with Crippen LogP contribution in [0.25, 0.3) is 22.3 Å². The van der Waals surface area contributed by atoms with Gasteiger partial charge in [-0.25, -0.2) is 4.39 Å². The van der Waals surface area contributed by atoms with Crippen LogP contribution in [0.3, 0.4) is 0 Å². The molecular formula is C22H21F. The summed E-state index contributed by atoms with van der Waals surface area (Å²) in [5.74, 6) is -0.177. The number of halogens is 1. The van der Waals surface area contributed by atoms with E-state index in [0.717, 1.165) is 16.7 Å². The van der Waals surface area contributed by atoms with E-state index in [4.69, 9.17) is 0 Å². The largest absolute Gasteiger partial charge is 0.206 e. The molecule has 0 saturated heterocycles. The third-order valence-electron chi connectivity index (χ3n) is 4.63. The van der Waals surface area contributed by atoms with E-state index in [1.165, 1.54) is 22.3 Å². The first-order valence-electron chi connectivity index (χ1n) is 7.90. The van der Waals surface area contributed by atoms with Gasteiger partial charge in [-0.2, -0.15) is 0 Å². The second kappa shape index (κ2) is 6.00. The summed E-state index contributed by atoms with van der Waals surface area (Å²) >= 11 is 0. The molecule has 0 nitrogen and oxygen atoms in total. The molecule has 0 N–H and O–H groups in total. The molecule has 0 aromatic heterocycles. The molecule has 0 aliphatic carbocycles. The summed E-state index contributed by atoms with van der Waals surface area (Å²) in [4.78, 5) is 0. The lowest BCUT2D eigenvalue weighted by molar-refractivity contribution is 0.632. The standard InChI is InChI=1S/C22H21F/c1-14-5-7-18(11-16(14)3)19-9-10-21(22(23)13-19)20-8-6-15(2)17(4)12-20/h5-13H,1-4H3. The minimum absolute atomic E-state index is 0.177. The molecule has 0 amide bonds. The van der Waals surface area contributed by atoms with E-state index in [1.54, 1.807) is 6.07 Å². The van der Waals surface area contributed by atoms with Crippen LogP contribution in [0.2, 0.25) is 0 Å². The van der Waals surface area contributed by atoms with Crippen LogP contribution in [-0.4, -0.2) is 0 Å². The molecule has 0 spiro atoms. The first-order valence-corrected chi connectivity index (χ1v) is 7.90. The van der Waals surface area contributed by atoms with E-state index in [9.17, 15) is 4.39 Å². The van der Waals surface area contributed by atoms with Crippen LogP contribution in [-0.2, 0) is 0 Å². The molecule has 3 aromatic carbocycles. The maximum atomic E-state index is 14.6. The highest BCUT2D eigenvalue weighted by Crippen LogP contribution is 2.29. The Bertz CT molecular complexity index is 875. The van der Waals surface area contributed by atoms with Crippen LogP contribution in [0, 0.1) is 33.5 Å². The first-order chi connectivity index (χ1) is 11.0. The first kappa shape index (κ1) is 15.5. The fraction of sp³-hybridized carbons (Fsp3) is 0.182. The van der Waals surface area contributed by atoms with Gasteiger partial charge < -0.3 is 0 Å². The highest BCUT2D eigenvalue weighted by Gasteiger charge is 2.09. The van der Waals surface area contributed by atoms with Gasteiger partial charge in [0.25, 0.3) is 0 Å². The zero-order chi connectivity index (χ0) is 16.6. The smallest absolute Gasteiger partial charge is 0.131 e. The van der Waals surface area contributed by atoms with Crippen LogP contribution in [0.5, 0.6) is 0 Å². The topological polar surface area (TPSA) is 0 Å². The number of benzene rings is 3. The Kier molecular flexibility index (Phi) is 4.04. The Morgan fingerprint density at radius 2 is 1.00 bits per heavy atom. The van der Waals surface area contributed by atoms with Gasteiger partial charge in [0.2, 0.25) is 0 Å². The predicted molar refractivity (Wildman–Crippen MR) is 96.2 cm³/mol. The fourth-order valence-corrected chi connectivity index (χ4v) is 2.76. The average Bonchev–Trinajstić information content (AvgIpc) is 2.53. The van der Waals surface area contributed by atoms with Crippen molar-refractivity contribution in [3.05, 3.63) is 82.7 Å². The van der Waals surface area contributed by atoms with Crippen molar-refractivity contribution < 1.29 is 4.39 Å². The molecule has 0 aliphatic rings. The highest BCUT2D eigenvalue weighted by molar-refractivity contribution is 5.72. The Morgan fingerprint density at radius 3 is 1.57 bits per heavy atom. The minimum atomic E-state index is -0.177. The van der Waals surface area contributed by atoms with Gasteiger partial charge >= 0.3 is 0 Å². The molecule has 0 atom stereocenters. The SMILES string of the molecule is Cc1ccc(-c2ccc(-c3ccc(C)c(C)c3)c(F)c2)cc1C. The molecule has 0 bridgehead atoms. The van der Waals surface area contributed by atoms with E-state index in [-0.39, 0.29) is 5.82 Å². The van der Waals surface area contributed by atoms with Gasteiger partial charge in [-0.15, -0.1) is 0 Å². The van der Waals surface area contributed by atoms with E-state index < -0.39 is 0 Å². The van der Waals surface area contributed by atoms with Gasteiger partial charge in [-0.05, 0) is 72.7 Å². The van der Waals surface area contributed by atoms with Crippen molar-refractivity contribution in [2.45, 2.75) is 27.7 Å². The van der Waals surface area contributed by atoms with Gasteiger partial charge in [0.05, 0.1) is 0 Å². The Labute approximate surface area is 137 Å². The van der Waals surface area contributed by atoms with E-state index in [0.29, 0.717) is 5.56 Å². The third-order valence-corrected chi connectivity index (χ3v) is 4.63. The van der Waals surface area contributed by atoms with E-state index >= 15 is 0 Å². The van der Waals surface area contributed by atoms with Crippen LogP contribution >= 0.6 is 0 Å². The summed E-state index contributed by atoms with van der Waals surface area (Å²) in [5.41, 5.74) is 8.43. The monoisotopic (exact) mass is 304 g/mol. The lowest BCUT2D eigenvalue weighted by Gasteiger charge is -2.10. The zero-order valence-corrected chi connectivity index (χ0v) is 14.1. The van der Waals surface area contributed by atoms with Gasteiger partial charge in [-0.1, -0.05) is 48.5 Å². The van der Waals surface area contributed by atoms with E-state index in [2.05, 4.69) is 39.8 Å². The molecule has 0 radical (unpaired) electrons. The molecule has 23 heavy (non-hydrogen) atoms. The summed E-state index contributed by atoms with van der Waals surface area (Å²) in [6.45, 7) is 8.29. The number of rotatable bonds is 2. The molecule has 1 heteroatoms. The molecule has 0 unspecified atom stereocenters. The quantitative estimate of drug-likeness (QED) is 0.514. The normalized spacial score (nSPS) is 10.8. The average molecular weight is 304 g/mol. The second-order valence-electron chi connectivity index (χ2n) is 6.29. The molecule has 0 fully saturated rings. The molecule has 3 aromatic rings. The minimum Gasteiger partial charge on any atom is -0.206 e. The van der Waals surface area contributed by atoms with E-state index in [1.807, 2.05) is 36.4 Å². The van der Waals surface area contributed by atoms with Crippen molar-refractivity contribution in [2.24, 2.45) is 0 Å². The molecule has 116 valence electrons. The van der Waals surface area contributed by atoms with Crippen molar-refractivity contribution in [2.75, 3.05) is 0 Å². The van der Waals surface area contributed by atoms with Crippen molar-refractivity contribution >= 4 is 0 Å². The summed E-state index contributed by atoms with van der Waals surface area (Å²) < 4.78 is 14.6. The van der Waals surface area contributed by atoms with Gasteiger partial charge in [0, 0.05) is 5.56 Å². The lowest BCUT2D eigenvalue weighted by Crippen LogP contribution is -1.89. The van der Waals surface area contributed by atoms with Crippen LogP contribution in [0.15, 0.2) is 54.6 Å². The summed E-state index contributed by atoms with van der Waals surface area (Å²) in [6.07, 6.45) is 0. The summed E-state index contributed by atoms with van der Waals surface area (Å²) in [5, 5.41) is 0. The predicted octanol–water partition coefficient (Wildman–Crippen LogP) is 6.39. The molecule has 0 saturated carbocycles. The van der Waals surface area contributed by atoms with Crippen molar-refractivity contribution in [1.29, 1.82) is 0 Å². The maximum absolute atomic E-state index is 14.6. The molecule has 0 aliphatic heterocycles. The van der Waals surface area contributed by atoms with Crippen LogP contribution < -0.4 is 0 Å². The zero-order valence-electron chi connectivity index (χ0n) is 14.1. The molecule has 3 rings (SSSR count). The highest BCUT2D eigenvalue weighted by atomic mass is 19.1. The molecule has 0 heterocycles. The Balaban J connectivity index is 2.03. The van der Waals surface area contributed by atoms with Crippen molar-refractivity contribution in [3.63, 3.8) is 0 Å². The van der Waals surface area contributed by atoms with Crippen molar-refractivity contribution in [1.82, 2.24) is 0 Å². The molecular weight excluding hydrogens is 283 g/mol. The number of aryl methyl sites for hydroxylation is 4. The Hall–Kier alpha value is -2.41. The third kappa shape index (κ3) is 3.05. The summed E-state index contributed by atoms with van der Waals surface area (Å²) in [7, 11) is 0. The second-order valence-corrected chi connectivity index (χ2v) is 6.29. The Morgan fingerprint density at radius 1 is 0.522 bits per heavy atom. The van der Waals surface area contributed by atoms with Gasteiger partial charge in [0.1, 0.15) is 5.82 Å². The van der Waals surface area contributed by atoms with Crippen LogP contribution in [0.1, 0.15) is 22.3 Å². The fourth-order valence-electron chi connectivity index (χ4n) is 2.76.